The third-order valence-corrected chi connectivity index (χ3v) is 6.34. The van der Waals surface area contributed by atoms with Gasteiger partial charge in [-0.2, -0.15) is 8.78 Å². The van der Waals surface area contributed by atoms with E-state index in [0.717, 1.165) is 38.9 Å². The van der Waals surface area contributed by atoms with Crippen molar-refractivity contribution < 1.29 is 23.0 Å². The third-order valence-electron chi connectivity index (χ3n) is 5.08. The van der Waals surface area contributed by atoms with Crippen molar-refractivity contribution in [3.8, 4) is 11.5 Å². The quantitative estimate of drug-likeness (QED) is 0.501. The highest BCUT2D eigenvalue weighted by Gasteiger charge is 2.34. The molecule has 7 heteroatoms. The monoisotopic (exact) mass is 417 g/mol. The van der Waals surface area contributed by atoms with Gasteiger partial charge in [-0.05, 0) is 54.5 Å². The summed E-state index contributed by atoms with van der Waals surface area (Å²) in [5.41, 5.74) is 1.81. The van der Waals surface area contributed by atoms with E-state index in [1.807, 2.05) is 36.1 Å². The molecule has 2 aromatic carbocycles. The number of ether oxygens (including phenoxy) is 2. The summed E-state index contributed by atoms with van der Waals surface area (Å²) in [5.74, 6) is 0.220. The van der Waals surface area contributed by atoms with E-state index < -0.39 is 6.61 Å². The molecular weight excluding hydrogens is 396 g/mol. The summed E-state index contributed by atoms with van der Waals surface area (Å²) in [5, 5.41) is 1.10. The van der Waals surface area contributed by atoms with Gasteiger partial charge < -0.3 is 14.4 Å². The third kappa shape index (κ3) is 4.05. The lowest BCUT2D eigenvalue weighted by Gasteiger charge is -2.23. The summed E-state index contributed by atoms with van der Waals surface area (Å²) in [6, 6.07) is 13.0. The molecular formula is C22H21F2NO3S. The lowest BCUT2D eigenvalue weighted by molar-refractivity contribution is -0.0512. The largest absolute Gasteiger partial charge is 0.493 e. The number of amides is 1. The van der Waals surface area contributed by atoms with Crippen molar-refractivity contribution in [2.75, 3.05) is 7.11 Å². The zero-order valence-corrected chi connectivity index (χ0v) is 17.0. The summed E-state index contributed by atoms with van der Waals surface area (Å²) in [6.45, 7) is -0.547. The second-order valence-corrected chi connectivity index (χ2v) is 8.13. The number of fused-ring (bicyclic) bond motifs is 1. The molecule has 0 saturated heterocycles. The molecule has 0 unspecified atom stereocenters. The highest BCUT2D eigenvalue weighted by Crippen LogP contribution is 2.36. The number of carbonyl (C=O) groups is 1. The van der Waals surface area contributed by atoms with E-state index in [1.54, 1.807) is 12.1 Å². The fraction of sp³-hybridized carbons (Fsp3) is 0.318. The van der Waals surface area contributed by atoms with Crippen LogP contribution >= 0.6 is 11.3 Å². The van der Waals surface area contributed by atoms with Gasteiger partial charge in [-0.1, -0.05) is 24.3 Å². The molecule has 1 aliphatic carbocycles. The first-order valence-electron chi connectivity index (χ1n) is 9.38. The molecule has 1 amide bonds. The topological polar surface area (TPSA) is 38.8 Å². The number of hydrogen-bond acceptors (Lipinski definition) is 4. The van der Waals surface area contributed by atoms with Crippen LogP contribution in [0, 0.1) is 6.92 Å². The minimum absolute atomic E-state index is 0.0121. The zero-order valence-electron chi connectivity index (χ0n) is 16.2. The van der Waals surface area contributed by atoms with Gasteiger partial charge in [0.2, 0.25) is 0 Å². The second kappa shape index (κ2) is 7.99. The van der Waals surface area contributed by atoms with E-state index in [1.165, 1.54) is 24.5 Å². The van der Waals surface area contributed by atoms with Crippen molar-refractivity contribution in [1.29, 1.82) is 0 Å². The molecule has 1 aliphatic rings. The normalized spacial score (nSPS) is 13.7. The van der Waals surface area contributed by atoms with Gasteiger partial charge in [0.25, 0.3) is 5.91 Å². The van der Waals surface area contributed by atoms with E-state index >= 15 is 0 Å². The maximum Gasteiger partial charge on any atom is 0.387 e. The molecule has 29 heavy (non-hydrogen) atoms. The lowest BCUT2D eigenvalue weighted by Crippen LogP contribution is -2.32. The van der Waals surface area contributed by atoms with Crippen LogP contribution in [-0.2, 0) is 6.54 Å². The van der Waals surface area contributed by atoms with Crippen molar-refractivity contribution in [2.45, 2.75) is 39.0 Å². The molecule has 0 spiro atoms. The molecule has 0 atom stereocenters. The van der Waals surface area contributed by atoms with Crippen molar-refractivity contribution in [2.24, 2.45) is 0 Å². The Balaban J connectivity index is 1.61. The number of aryl methyl sites for hydroxylation is 1. The standard InChI is InChI=1S/C22H21F2NO3S/c1-13-16-5-3-4-6-19(16)29-20(13)21(26)25(15-8-9-15)12-14-7-10-17(28-22(23)24)18(11-14)27-2/h3-7,10-11,15,22H,8-9,12H2,1-2H3. The summed E-state index contributed by atoms with van der Waals surface area (Å²) >= 11 is 1.51. The molecule has 3 aromatic rings. The van der Waals surface area contributed by atoms with Crippen LogP contribution in [0.5, 0.6) is 11.5 Å². The van der Waals surface area contributed by atoms with E-state index in [9.17, 15) is 13.6 Å². The van der Waals surface area contributed by atoms with Gasteiger partial charge in [0.15, 0.2) is 11.5 Å². The van der Waals surface area contributed by atoms with Gasteiger partial charge in [-0.15, -0.1) is 11.3 Å². The number of alkyl halides is 2. The molecule has 4 nitrogen and oxygen atoms in total. The van der Waals surface area contributed by atoms with Crippen LogP contribution in [0.4, 0.5) is 8.78 Å². The predicted octanol–water partition coefficient (Wildman–Crippen LogP) is 5.62. The molecule has 1 saturated carbocycles. The molecule has 1 fully saturated rings. The smallest absolute Gasteiger partial charge is 0.387 e. The fourth-order valence-corrected chi connectivity index (χ4v) is 4.63. The summed E-state index contributed by atoms with van der Waals surface area (Å²) < 4.78 is 35.9. The molecule has 152 valence electrons. The summed E-state index contributed by atoms with van der Waals surface area (Å²) in [6.07, 6.45) is 1.94. The van der Waals surface area contributed by atoms with E-state index in [-0.39, 0.29) is 23.4 Å². The summed E-state index contributed by atoms with van der Waals surface area (Å²) in [7, 11) is 1.40. The van der Waals surface area contributed by atoms with Crippen LogP contribution in [0.15, 0.2) is 42.5 Å². The number of carbonyl (C=O) groups excluding carboxylic acids is 1. The van der Waals surface area contributed by atoms with Gasteiger partial charge in [0, 0.05) is 17.3 Å². The molecule has 0 radical (unpaired) electrons. The minimum Gasteiger partial charge on any atom is -0.493 e. The van der Waals surface area contributed by atoms with Crippen LogP contribution in [0.3, 0.4) is 0 Å². The highest BCUT2D eigenvalue weighted by molar-refractivity contribution is 7.21. The van der Waals surface area contributed by atoms with Gasteiger partial charge >= 0.3 is 6.61 Å². The zero-order chi connectivity index (χ0) is 20.5. The van der Waals surface area contributed by atoms with Crippen LogP contribution < -0.4 is 9.47 Å². The van der Waals surface area contributed by atoms with Gasteiger partial charge in [0.05, 0.1) is 12.0 Å². The predicted molar refractivity (Wildman–Crippen MR) is 109 cm³/mol. The maximum absolute atomic E-state index is 13.4. The van der Waals surface area contributed by atoms with Gasteiger partial charge in [0.1, 0.15) is 0 Å². The fourth-order valence-electron chi connectivity index (χ4n) is 3.46. The SMILES string of the molecule is COc1cc(CN(C(=O)c2sc3ccccc3c2C)C2CC2)ccc1OC(F)F. The van der Waals surface area contributed by atoms with Gasteiger partial charge in [-0.3, -0.25) is 4.79 Å². The second-order valence-electron chi connectivity index (χ2n) is 7.08. The minimum atomic E-state index is -2.92. The van der Waals surface area contributed by atoms with E-state index in [4.69, 9.17) is 4.74 Å². The number of benzene rings is 2. The lowest BCUT2D eigenvalue weighted by atomic mass is 10.1. The first kappa shape index (κ1) is 19.6. The Morgan fingerprint density at radius 3 is 2.62 bits per heavy atom. The van der Waals surface area contributed by atoms with Crippen molar-refractivity contribution in [3.05, 3.63) is 58.5 Å². The molecule has 0 bridgehead atoms. The van der Waals surface area contributed by atoms with Crippen molar-refractivity contribution in [1.82, 2.24) is 4.90 Å². The van der Waals surface area contributed by atoms with Gasteiger partial charge in [-0.25, -0.2) is 0 Å². The Bertz CT molecular complexity index is 1050. The van der Waals surface area contributed by atoms with Crippen LogP contribution in [0.2, 0.25) is 0 Å². The van der Waals surface area contributed by atoms with Crippen LogP contribution in [-0.4, -0.2) is 30.6 Å². The first-order valence-corrected chi connectivity index (χ1v) is 10.2. The Morgan fingerprint density at radius 2 is 1.97 bits per heavy atom. The van der Waals surface area contributed by atoms with E-state index in [0.29, 0.717) is 6.54 Å². The number of hydrogen-bond donors (Lipinski definition) is 0. The van der Waals surface area contributed by atoms with E-state index in [2.05, 4.69) is 4.74 Å². The Labute approximate surface area is 171 Å². The number of nitrogens with zero attached hydrogens (tertiary/aromatic N) is 1. The summed E-state index contributed by atoms with van der Waals surface area (Å²) in [4.78, 5) is 16.0. The Morgan fingerprint density at radius 1 is 1.21 bits per heavy atom. The molecule has 1 heterocycles. The highest BCUT2D eigenvalue weighted by atomic mass is 32.1. The average molecular weight is 417 g/mol. The Kier molecular flexibility index (Phi) is 5.41. The molecule has 1 aromatic heterocycles. The average Bonchev–Trinajstić information content (AvgIpc) is 3.50. The number of thiophene rings is 1. The van der Waals surface area contributed by atoms with Crippen molar-refractivity contribution >= 4 is 27.3 Å². The van der Waals surface area contributed by atoms with Crippen molar-refractivity contribution in [3.63, 3.8) is 0 Å². The van der Waals surface area contributed by atoms with Crippen LogP contribution in [0.25, 0.3) is 10.1 Å². The molecule has 0 aliphatic heterocycles. The number of methoxy groups -OCH3 is 1. The van der Waals surface area contributed by atoms with Crippen LogP contribution in [0.1, 0.15) is 33.6 Å². The maximum atomic E-state index is 13.4. The molecule has 4 rings (SSSR count). The molecule has 0 N–H and O–H groups in total. The first-order chi connectivity index (χ1) is 14.0. The Hall–Kier alpha value is -2.67. The number of halogens is 2. The number of rotatable bonds is 7.